The molecule has 3 aliphatic rings. The standard InChI is InChI=1S/C51H78N14O19/c1-26(68)61-38-32(63-49(55)56)23-36(47(77)78)82-42(38)40(34(71)25-67)84-51(80)60-14-10-6-4-8-12-58-44(73)29-19-28(20-30(21-29)45(74)65-17-15-64(16-18-65)27(2)69)43(72)57-11-7-3-5-9-13-59-50(79)83-39(33(70)24-66)41-37(52)31(62-48(53)54)22-35(81-41)46(75)76/h19-23,31-34,37-42,66-67,70-71H,3-18,24-25,52H2,1-2H3,(H,57,72)(H,58,73)(H,59,79)(H,60,80)(H,61,68)(H,75,76)(H,77,78)(H4,53,54,62)(H4,55,56,63)/t31-,32-,33+,34+,37+,38+,39+,40+,41?,42+/m0/s1. The molecule has 4 rings (SSSR count). The summed E-state index contributed by atoms with van der Waals surface area (Å²) < 4.78 is 21.7. The van der Waals surface area contributed by atoms with Gasteiger partial charge in [0.15, 0.2) is 36.3 Å². The van der Waals surface area contributed by atoms with Gasteiger partial charge in [0, 0.05) is 82.9 Å². The fourth-order valence-corrected chi connectivity index (χ4v) is 9.11. The largest absolute Gasteiger partial charge is 0.478 e. The van der Waals surface area contributed by atoms with Gasteiger partial charge in [-0.3, -0.25) is 24.0 Å². The molecule has 0 bridgehead atoms. The second-order valence-electron chi connectivity index (χ2n) is 19.8. The summed E-state index contributed by atoms with van der Waals surface area (Å²) in [5.41, 5.74) is 28.3. The molecule has 3 aliphatic heterocycles. The third kappa shape index (κ3) is 21.0. The van der Waals surface area contributed by atoms with Gasteiger partial charge in [0.05, 0.1) is 37.4 Å². The van der Waals surface area contributed by atoms with E-state index in [0.29, 0.717) is 64.5 Å². The van der Waals surface area contributed by atoms with Crippen molar-refractivity contribution in [2.45, 2.75) is 126 Å². The molecule has 0 aliphatic carbocycles. The van der Waals surface area contributed by atoms with Gasteiger partial charge in [0.25, 0.3) is 17.7 Å². The molecule has 1 unspecified atom stereocenters. The molecule has 1 aromatic carbocycles. The number of unbranched alkanes of at least 4 members (excludes halogenated alkanes) is 6. The Labute approximate surface area is 482 Å². The predicted molar refractivity (Wildman–Crippen MR) is 295 cm³/mol. The SMILES string of the molecule is CC(=O)N[C@H]1[C@H]([C@H](OC(=O)NCCCCCCNC(=O)c2cc(C(=O)NCCCCCCNC(=O)O[C@@H](C3OC(C(=O)O)=C[C@H](N=C(N)N)[C@H]3N)[C@H](O)CO)cc(C(=O)N3CCN(C(C)=O)CC3)c2)[C@H](O)CO)OC(C(=O)O)=C[C@@H]1N=C(N)N. The topological polar surface area (TPSA) is 533 Å². The fourth-order valence-electron chi connectivity index (χ4n) is 9.11. The van der Waals surface area contributed by atoms with Crippen LogP contribution in [0.1, 0.15) is 96.3 Å². The zero-order chi connectivity index (χ0) is 62.2. The minimum Gasteiger partial charge on any atom is -0.478 e. The number of carboxylic acids is 2. The number of hydrogen-bond donors (Lipinski definition) is 16. The Balaban J connectivity index is 1.27. The van der Waals surface area contributed by atoms with E-state index in [1.54, 1.807) is 4.90 Å². The number of rotatable bonds is 30. The first-order valence-electron chi connectivity index (χ1n) is 27.0. The zero-order valence-electron chi connectivity index (χ0n) is 46.6. The van der Waals surface area contributed by atoms with Crippen molar-refractivity contribution in [3.63, 3.8) is 0 Å². The molecule has 33 heteroatoms. The summed E-state index contributed by atoms with van der Waals surface area (Å²) in [4.78, 5) is 125. The van der Waals surface area contributed by atoms with Gasteiger partial charge < -0.3 is 115 Å². The van der Waals surface area contributed by atoms with E-state index in [0.717, 1.165) is 19.1 Å². The molecular formula is C51H78N14O19. The molecule has 466 valence electrons. The van der Waals surface area contributed by atoms with E-state index in [4.69, 9.17) is 47.6 Å². The Morgan fingerprint density at radius 1 is 0.595 bits per heavy atom. The number of nitrogens with zero attached hydrogens (tertiary/aromatic N) is 4. The van der Waals surface area contributed by atoms with Crippen LogP contribution >= 0.6 is 0 Å². The highest BCUT2D eigenvalue weighted by Gasteiger charge is 2.47. The van der Waals surface area contributed by atoms with Crippen molar-refractivity contribution in [2.75, 3.05) is 65.6 Å². The number of benzene rings is 1. The van der Waals surface area contributed by atoms with E-state index >= 15 is 0 Å². The second-order valence-corrected chi connectivity index (χ2v) is 19.8. The van der Waals surface area contributed by atoms with Crippen molar-refractivity contribution >= 4 is 65.6 Å². The normalized spacial score (nSPS) is 20.7. The van der Waals surface area contributed by atoms with E-state index < -0.39 is 145 Å². The molecular weight excluding hydrogens is 1110 g/mol. The van der Waals surface area contributed by atoms with Crippen molar-refractivity contribution in [2.24, 2.45) is 38.7 Å². The fraction of sp³-hybridized carbons (Fsp3) is 0.588. The summed E-state index contributed by atoms with van der Waals surface area (Å²) >= 11 is 0. The maximum Gasteiger partial charge on any atom is 0.407 e. The first kappa shape index (κ1) is 68.0. The van der Waals surface area contributed by atoms with Crippen LogP contribution in [0.2, 0.25) is 0 Å². The predicted octanol–water partition coefficient (Wildman–Crippen LogP) is -4.68. The number of aliphatic carboxylic acids is 2. The number of aliphatic hydroxyl groups is 4. The van der Waals surface area contributed by atoms with Crippen molar-refractivity contribution < 1.29 is 92.7 Å². The number of ether oxygens (including phenoxy) is 4. The molecule has 0 spiro atoms. The number of guanidine groups is 2. The van der Waals surface area contributed by atoms with Crippen LogP contribution in [0, 0.1) is 0 Å². The Bertz CT molecular complexity index is 2610. The zero-order valence-corrected chi connectivity index (χ0v) is 46.6. The molecule has 0 radical (unpaired) electrons. The van der Waals surface area contributed by atoms with E-state index in [-0.39, 0.29) is 61.9 Å². The van der Waals surface area contributed by atoms with Gasteiger partial charge in [-0.15, -0.1) is 0 Å². The van der Waals surface area contributed by atoms with Crippen LogP contribution in [0.3, 0.4) is 0 Å². The van der Waals surface area contributed by atoms with Crippen LogP contribution in [0.15, 0.2) is 51.9 Å². The van der Waals surface area contributed by atoms with Crippen LogP contribution in [0.25, 0.3) is 0 Å². The molecule has 84 heavy (non-hydrogen) atoms. The highest BCUT2D eigenvalue weighted by Crippen LogP contribution is 2.28. The number of carboxylic acid groups (broad SMARTS) is 2. The summed E-state index contributed by atoms with van der Waals surface area (Å²) in [6.45, 7) is 2.34. The van der Waals surface area contributed by atoms with Crippen molar-refractivity contribution in [3.05, 3.63) is 58.6 Å². The maximum absolute atomic E-state index is 13.8. The van der Waals surface area contributed by atoms with Gasteiger partial charge in [0.2, 0.25) is 23.3 Å². The molecule has 0 saturated carbocycles. The number of amides is 7. The average Bonchev–Trinajstić information content (AvgIpc) is 3.23. The van der Waals surface area contributed by atoms with Crippen LogP contribution in [0.5, 0.6) is 0 Å². The quantitative estimate of drug-likeness (QED) is 0.0196. The lowest BCUT2D eigenvalue weighted by atomic mass is 9.92. The summed E-state index contributed by atoms with van der Waals surface area (Å²) in [6, 6.07) is -0.700. The number of piperazine rings is 1. The van der Waals surface area contributed by atoms with Crippen LogP contribution in [-0.4, -0.2) is 232 Å². The van der Waals surface area contributed by atoms with Crippen LogP contribution < -0.4 is 55.3 Å². The molecule has 10 atom stereocenters. The third-order valence-electron chi connectivity index (χ3n) is 13.4. The first-order chi connectivity index (χ1) is 39.8. The first-order valence-corrected chi connectivity index (χ1v) is 27.0. The highest BCUT2D eigenvalue weighted by atomic mass is 16.6. The summed E-state index contributed by atoms with van der Waals surface area (Å²) in [7, 11) is 0. The number of carbonyl (C=O) groups excluding carboxylic acids is 7. The summed E-state index contributed by atoms with van der Waals surface area (Å²) in [5.74, 6) is -7.57. The van der Waals surface area contributed by atoms with Gasteiger partial charge in [-0.1, -0.05) is 25.7 Å². The Morgan fingerprint density at radius 2 is 0.988 bits per heavy atom. The number of nitrogens with two attached hydrogens (primary N) is 5. The monoisotopic (exact) mass is 1190 g/mol. The number of carbonyl (C=O) groups is 9. The molecule has 1 fully saturated rings. The number of aliphatic hydroxyl groups excluding tert-OH is 4. The number of nitrogens with one attached hydrogen (secondary N) is 5. The molecule has 1 aromatic rings. The Kier molecular flexibility index (Phi) is 27.1. The lowest BCUT2D eigenvalue weighted by Gasteiger charge is -2.39. The minimum absolute atomic E-state index is 0.0407. The van der Waals surface area contributed by atoms with Crippen LogP contribution in [0.4, 0.5) is 9.59 Å². The Morgan fingerprint density at radius 3 is 1.40 bits per heavy atom. The van der Waals surface area contributed by atoms with Gasteiger partial charge in [-0.25, -0.2) is 29.2 Å². The van der Waals surface area contributed by atoms with Crippen molar-refractivity contribution in [3.8, 4) is 0 Å². The summed E-state index contributed by atoms with van der Waals surface area (Å²) in [6.07, 6.45) is -5.93. The van der Waals surface area contributed by atoms with E-state index in [9.17, 15) is 73.8 Å². The lowest BCUT2D eigenvalue weighted by molar-refractivity contribution is -0.146. The van der Waals surface area contributed by atoms with Crippen LogP contribution in [-0.2, 0) is 38.1 Å². The smallest absolute Gasteiger partial charge is 0.407 e. The van der Waals surface area contributed by atoms with E-state index in [1.807, 2.05) is 0 Å². The molecule has 3 heterocycles. The molecule has 33 nitrogen and oxygen atoms in total. The summed E-state index contributed by atoms with van der Waals surface area (Å²) in [5, 5.41) is 73.0. The number of hydrogen-bond acceptors (Lipinski definition) is 20. The number of aliphatic imine (C=N–C) groups is 2. The van der Waals surface area contributed by atoms with Gasteiger partial charge in [-0.05, 0) is 56.0 Å². The van der Waals surface area contributed by atoms with Gasteiger partial charge >= 0.3 is 24.1 Å². The average molecular weight is 1190 g/mol. The number of alkyl carbamates (subject to hydrolysis) is 2. The van der Waals surface area contributed by atoms with E-state index in [2.05, 4.69) is 36.6 Å². The molecule has 21 N–H and O–H groups in total. The minimum atomic E-state index is -1.81. The van der Waals surface area contributed by atoms with Gasteiger partial charge in [0.1, 0.15) is 12.2 Å². The maximum atomic E-state index is 13.8. The molecule has 0 aromatic heterocycles. The molecule has 1 saturated heterocycles. The molecule has 7 amide bonds. The lowest BCUT2D eigenvalue weighted by Crippen LogP contribution is -2.61. The van der Waals surface area contributed by atoms with E-state index in [1.165, 1.54) is 30.0 Å². The van der Waals surface area contributed by atoms with Crippen molar-refractivity contribution in [1.29, 1.82) is 0 Å². The highest BCUT2D eigenvalue weighted by molar-refractivity contribution is 6.04. The van der Waals surface area contributed by atoms with Gasteiger partial charge in [-0.2, -0.15) is 0 Å². The van der Waals surface area contributed by atoms with Crippen molar-refractivity contribution in [1.82, 2.24) is 36.4 Å². The second kappa shape index (κ2) is 33.5. The third-order valence-corrected chi connectivity index (χ3v) is 13.4. The Hall–Kier alpha value is -8.53.